The van der Waals surface area contributed by atoms with Crippen molar-refractivity contribution >= 4 is 5.82 Å². The first-order chi connectivity index (χ1) is 8.45. The van der Waals surface area contributed by atoms with Gasteiger partial charge in [-0.05, 0) is 12.1 Å². The normalized spacial score (nSPS) is 11.6. The largest absolute Gasteiger partial charge is 0.433 e. The molecular weight excluding hydrogens is 249 g/mol. The van der Waals surface area contributed by atoms with Crippen LogP contribution < -0.4 is 5.32 Å². The molecule has 1 N–H and O–H groups in total. The van der Waals surface area contributed by atoms with Crippen LogP contribution in [-0.4, -0.2) is 15.1 Å². The molecule has 8 heteroatoms. The lowest BCUT2D eigenvalue weighted by Gasteiger charge is -2.08. The van der Waals surface area contributed by atoms with Gasteiger partial charge in [0.25, 0.3) is 0 Å². The SMILES string of the molecule is Cc1nc(CNc2cccc(C(F)(F)F)n2)no1. The summed E-state index contributed by atoms with van der Waals surface area (Å²) in [6, 6.07) is 3.62. The Balaban J connectivity index is 2.06. The van der Waals surface area contributed by atoms with E-state index in [0.29, 0.717) is 11.7 Å². The van der Waals surface area contributed by atoms with Gasteiger partial charge < -0.3 is 9.84 Å². The van der Waals surface area contributed by atoms with Crippen molar-refractivity contribution in [2.45, 2.75) is 19.6 Å². The van der Waals surface area contributed by atoms with E-state index in [1.165, 1.54) is 12.1 Å². The first kappa shape index (κ1) is 12.3. The van der Waals surface area contributed by atoms with Gasteiger partial charge in [0.15, 0.2) is 5.82 Å². The summed E-state index contributed by atoms with van der Waals surface area (Å²) in [7, 11) is 0. The number of halogens is 3. The number of pyridine rings is 1. The fourth-order valence-electron chi connectivity index (χ4n) is 1.27. The van der Waals surface area contributed by atoms with Gasteiger partial charge in [0.2, 0.25) is 5.89 Å². The van der Waals surface area contributed by atoms with Crippen LogP contribution in [0.2, 0.25) is 0 Å². The zero-order valence-electron chi connectivity index (χ0n) is 9.32. The zero-order valence-corrected chi connectivity index (χ0v) is 9.32. The predicted octanol–water partition coefficient (Wildman–Crippen LogP) is 2.40. The van der Waals surface area contributed by atoms with Crippen LogP contribution in [0.5, 0.6) is 0 Å². The molecule has 2 aromatic heterocycles. The third-order valence-electron chi connectivity index (χ3n) is 2.04. The molecule has 0 spiro atoms. The summed E-state index contributed by atoms with van der Waals surface area (Å²) in [6.45, 7) is 1.77. The highest BCUT2D eigenvalue weighted by atomic mass is 19.4. The standard InChI is InChI=1S/C10H9F3N4O/c1-6-15-9(17-18-6)5-14-8-4-2-3-7(16-8)10(11,12)13/h2-4H,5H2,1H3,(H,14,16). The van der Waals surface area contributed by atoms with Crippen molar-refractivity contribution in [3.8, 4) is 0 Å². The quantitative estimate of drug-likeness (QED) is 0.915. The molecule has 0 saturated heterocycles. The van der Waals surface area contributed by atoms with Crippen LogP contribution in [-0.2, 0) is 12.7 Å². The summed E-state index contributed by atoms with van der Waals surface area (Å²) in [4.78, 5) is 7.35. The zero-order chi connectivity index (χ0) is 13.2. The van der Waals surface area contributed by atoms with Gasteiger partial charge in [0.05, 0.1) is 6.54 Å². The highest BCUT2D eigenvalue weighted by Gasteiger charge is 2.32. The van der Waals surface area contributed by atoms with Crippen LogP contribution >= 0.6 is 0 Å². The second-order valence-electron chi connectivity index (χ2n) is 3.49. The lowest BCUT2D eigenvalue weighted by atomic mass is 10.3. The number of hydrogen-bond acceptors (Lipinski definition) is 5. The summed E-state index contributed by atoms with van der Waals surface area (Å²) < 4.78 is 41.9. The Morgan fingerprint density at radius 1 is 1.28 bits per heavy atom. The fourth-order valence-corrected chi connectivity index (χ4v) is 1.27. The topological polar surface area (TPSA) is 63.8 Å². The van der Waals surface area contributed by atoms with E-state index in [4.69, 9.17) is 4.52 Å². The van der Waals surface area contributed by atoms with Gasteiger partial charge in [-0.25, -0.2) is 4.98 Å². The summed E-state index contributed by atoms with van der Waals surface area (Å²) in [5.74, 6) is 0.850. The van der Waals surface area contributed by atoms with Crippen LogP contribution in [0.3, 0.4) is 0 Å². The number of hydrogen-bond donors (Lipinski definition) is 1. The van der Waals surface area contributed by atoms with Crippen LogP contribution in [0.25, 0.3) is 0 Å². The molecule has 0 radical (unpaired) electrons. The minimum Gasteiger partial charge on any atom is -0.363 e. The molecule has 0 bridgehead atoms. The highest BCUT2D eigenvalue weighted by molar-refractivity contribution is 5.35. The molecule has 2 rings (SSSR count). The maximum absolute atomic E-state index is 12.4. The Morgan fingerprint density at radius 3 is 2.67 bits per heavy atom. The molecule has 0 atom stereocenters. The molecule has 5 nitrogen and oxygen atoms in total. The predicted molar refractivity (Wildman–Crippen MR) is 55.6 cm³/mol. The van der Waals surface area contributed by atoms with Crippen molar-refractivity contribution in [2.75, 3.05) is 5.32 Å². The number of anilines is 1. The maximum atomic E-state index is 12.4. The lowest BCUT2D eigenvalue weighted by molar-refractivity contribution is -0.141. The molecule has 18 heavy (non-hydrogen) atoms. The van der Waals surface area contributed by atoms with Crippen molar-refractivity contribution in [3.05, 3.63) is 35.6 Å². The van der Waals surface area contributed by atoms with Crippen molar-refractivity contribution in [1.82, 2.24) is 15.1 Å². The first-order valence-corrected chi connectivity index (χ1v) is 5.02. The Bertz CT molecular complexity index is 538. The number of nitrogens with zero attached hydrogens (tertiary/aromatic N) is 3. The molecule has 2 aromatic rings. The third-order valence-corrected chi connectivity index (χ3v) is 2.04. The smallest absolute Gasteiger partial charge is 0.363 e. The summed E-state index contributed by atoms with van der Waals surface area (Å²) in [6.07, 6.45) is -4.46. The van der Waals surface area contributed by atoms with Gasteiger partial charge >= 0.3 is 6.18 Å². The molecule has 0 aliphatic heterocycles. The van der Waals surface area contributed by atoms with E-state index in [1.807, 2.05) is 0 Å². The Kier molecular flexibility index (Phi) is 3.17. The molecule has 0 fully saturated rings. The molecule has 0 aliphatic carbocycles. The molecule has 0 aromatic carbocycles. The van der Waals surface area contributed by atoms with E-state index in [0.717, 1.165) is 6.07 Å². The van der Waals surface area contributed by atoms with Gasteiger partial charge in [-0.2, -0.15) is 18.2 Å². The van der Waals surface area contributed by atoms with Crippen molar-refractivity contribution in [3.63, 3.8) is 0 Å². The molecule has 96 valence electrons. The average Bonchev–Trinajstić information content (AvgIpc) is 2.72. The molecule has 2 heterocycles. The Labute approximate surface area is 100 Å². The van der Waals surface area contributed by atoms with Crippen molar-refractivity contribution in [2.24, 2.45) is 0 Å². The van der Waals surface area contributed by atoms with E-state index in [9.17, 15) is 13.2 Å². The van der Waals surface area contributed by atoms with Crippen molar-refractivity contribution in [1.29, 1.82) is 0 Å². The summed E-state index contributed by atoms with van der Waals surface area (Å²) in [5.41, 5.74) is -0.947. The summed E-state index contributed by atoms with van der Waals surface area (Å²) in [5, 5.41) is 6.29. The number of nitrogens with one attached hydrogen (secondary N) is 1. The second-order valence-corrected chi connectivity index (χ2v) is 3.49. The Morgan fingerprint density at radius 2 is 2.06 bits per heavy atom. The number of alkyl halides is 3. The van der Waals surface area contributed by atoms with Gasteiger partial charge in [-0.3, -0.25) is 0 Å². The van der Waals surface area contributed by atoms with Gasteiger partial charge in [0, 0.05) is 6.92 Å². The van der Waals surface area contributed by atoms with E-state index in [1.54, 1.807) is 6.92 Å². The summed E-state index contributed by atoms with van der Waals surface area (Å²) >= 11 is 0. The number of aromatic nitrogens is 3. The van der Waals surface area contributed by atoms with E-state index in [-0.39, 0.29) is 12.4 Å². The molecule has 0 unspecified atom stereocenters. The van der Waals surface area contributed by atoms with Gasteiger partial charge in [-0.15, -0.1) is 0 Å². The van der Waals surface area contributed by atoms with Crippen LogP contribution in [0.4, 0.5) is 19.0 Å². The van der Waals surface area contributed by atoms with Crippen LogP contribution in [0.15, 0.2) is 22.7 Å². The molecule has 0 aliphatic rings. The van der Waals surface area contributed by atoms with Crippen LogP contribution in [0.1, 0.15) is 17.4 Å². The van der Waals surface area contributed by atoms with Crippen LogP contribution in [0, 0.1) is 6.92 Å². The fraction of sp³-hybridized carbons (Fsp3) is 0.300. The maximum Gasteiger partial charge on any atom is 0.433 e. The number of aryl methyl sites for hydroxylation is 1. The molecular formula is C10H9F3N4O. The second kappa shape index (κ2) is 4.63. The average molecular weight is 258 g/mol. The third kappa shape index (κ3) is 2.96. The Hall–Kier alpha value is -2.12. The minimum atomic E-state index is -4.46. The lowest BCUT2D eigenvalue weighted by Crippen LogP contribution is -2.10. The van der Waals surface area contributed by atoms with E-state index in [2.05, 4.69) is 20.4 Å². The van der Waals surface area contributed by atoms with E-state index >= 15 is 0 Å². The highest BCUT2D eigenvalue weighted by Crippen LogP contribution is 2.28. The minimum absolute atomic E-state index is 0.104. The van der Waals surface area contributed by atoms with Gasteiger partial charge in [0.1, 0.15) is 11.5 Å². The number of rotatable bonds is 3. The molecule has 0 amide bonds. The van der Waals surface area contributed by atoms with Gasteiger partial charge in [-0.1, -0.05) is 11.2 Å². The van der Waals surface area contributed by atoms with E-state index < -0.39 is 11.9 Å². The monoisotopic (exact) mass is 258 g/mol. The van der Waals surface area contributed by atoms with Crippen molar-refractivity contribution < 1.29 is 17.7 Å². The molecule has 0 saturated carbocycles. The first-order valence-electron chi connectivity index (χ1n) is 5.02.